The minimum atomic E-state index is -0.853. The van der Waals surface area contributed by atoms with Crippen molar-refractivity contribution in [2.24, 2.45) is 0 Å². The molecule has 5 nitrogen and oxygen atoms in total. The zero-order valence-corrected chi connectivity index (χ0v) is 16.0. The molecule has 2 heterocycles. The summed E-state index contributed by atoms with van der Waals surface area (Å²) in [6.07, 6.45) is 1.02. The zero-order valence-electron chi connectivity index (χ0n) is 16.0. The van der Waals surface area contributed by atoms with Crippen LogP contribution in [0.2, 0.25) is 0 Å². The average Bonchev–Trinajstić information content (AvgIpc) is 3.01. The molecule has 7 heteroatoms. The van der Waals surface area contributed by atoms with Gasteiger partial charge in [-0.1, -0.05) is 19.1 Å². The van der Waals surface area contributed by atoms with Gasteiger partial charge in [-0.25, -0.2) is 8.78 Å². The van der Waals surface area contributed by atoms with Crippen molar-refractivity contribution in [1.82, 2.24) is 0 Å². The lowest BCUT2D eigenvalue weighted by atomic mass is 10.00. The molecule has 2 aromatic carbocycles. The van der Waals surface area contributed by atoms with Gasteiger partial charge in [-0.15, -0.1) is 0 Å². The Morgan fingerprint density at radius 1 is 1.14 bits per heavy atom. The monoisotopic (exact) mass is 397 g/mol. The van der Waals surface area contributed by atoms with E-state index >= 15 is 0 Å². The first-order chi connectivity index (χ1) is 14.0. The third-order valence-electron chi connectivity index (χ3n) is 5.13. The van der Waals surface area contributed by atoms with Crippen LogP contribution in [0.3, 0.4) is 0 Å². The highest BCUT2D eigenvalue weighted by Crippen LogP contribution is 2.45. The van der Waals surface area contributed by atoms with E-state index in [1.54, 1.807) is 0 Å². The summed E-state index contributed by atoms with van der Waals surface area (Å²) < 4.78 is 27.0. The molecule has 0 bridgehead atoms. The molecule has 0 aromatic heterocycles. The van der Waals surface area contributed by atoms with Gasteiger partial charge in [-0.2, -0.15) is 0 Å². The number of fused-ring (bicyclic) bond motifs is 3. The second kappa shape index (κ2) is 7.66. The molecule has 0 spiro atoms. The number of nitrogens with zero attached hydrogens (tertiary/aromatic N) is 2. The van der Waals surface area contributed by atoms with Crippen LogP contribution in [0.5, 0.6) is 0 Å². The SMILES string of the molecule is CCCN1C2=C(CC(=O)Nc3ccc(F)cc3F)C(=O)CCN2c2ccccc21. The van der Waals surface area contributed by atoms with Crippen LogP contribution in [0.15, 0.2) is 53.9 Å². The maximum atomic E-state index is 13.9. The Hall–Kier alpha value is -3.22. The number of nitrogens with one attached hydrogen (secondary N) is 1. The lowest BCUT2D eigenvalue weighted by Gasteiger charge is -2.31. The molecule has 0 saturated carbocycles. The molecular formula is C22H21F2N3O2. The van der Waals surface area contributed by atoms with E-state index in [1.165, 1.54) is 6.07 Å². The number of carbonyl (C=O) groups is 2. The summed E-state index contributed by atoms with van der Waals surface area (Å²) >= 11 is 0. The van der Waals surface area contributed by atoms with Crippen molar-refractivity contribution in [3.63, 3.8) is 0 Å². The number of ketones is 1. The van der Waals surface area contributed by atoms with E-state index in [1.807, 2.05) is 24.3 Å². The second-order valence-corrected chi connectivity index (χ2v) is 7.12. The summed E-state index contributed by atoms with van der Waals surface area (Å²) in [7, 11) is 0. The van der Waals surface area contributed by atoms with Crippen LogP contribution in [0.25, 0.3) is 0 Å². The van der Waals surface area contributed by atoms with E-state index in [0.29, 0.717) is 31.1 Å². The molecule has 2 aliphatic rings. The molecule has 2 aromatic rings. The maximum Gasteiger partial charge on any atom is 0.229 e. The zero-order chi connectivity index (χ0) is 20.5. The highest BCUT2D eigenvalue weighted by atomic mass is 19.1. The summed E-state index contributed by atoms with van der Waals surface area (Å²) in [5, 5.41) is 2.45. The van der Waals surface area contributed by atoms with E-state index in [4.69, 9.17) is 0 Å². The number of para-hydroxylation sites is 2. The highest BCUT2D eigenvalue weighted by molar-refractivity contribution is 6.07. The standard InChI is InChI=1S/C22H21F2N3O2/c1-2-10-26-18-5-3-4-6-19(18)27-11-9-20(28)15(22(26)27)13-21(29)25-17-8-7-14(23)12-16(17)24/h3-8,12H,2,9-11,13H2,1H3,(H,25,29). The Kier molecular flexibility index (Phi) is 5.05. The Morgan fingerprint density at radius 2 is 1.90 bits per heavy atom. The van der Waals surface area contributed by atoms with Crippen LogP contribution in [0.1, 0.15) is 26.2 Å². The summed E-state index contributed by atoms with van der Waals surface area (Å²) in [6.45, 7) is 3.33. The summed E-state index contributed by atoms with van der Waals surface area (Å²) in [4.78, 5) is 29.5. The smallest absolute Gasteiger partial charge is 0.229 e. The number of benzene rings is 2. The summed E-state index contributed by atoms with van der Waals surface area (Å²) in [6, 6.07) is 10.9. The van der Waals surface area contributed by atoms with Gasteiger partial charge in [-0.05, 0) is 30.7 Å². The molecule has 29 heavy (non-hydrogen) atoms. The van der Waals surface area contributed by atoms with Gasteiger partial charge in [0.05, 0.1) is 23.5 Å². The van der Waals surface area contributed by atoms with Crippen molar-refractivity contribution in [3.8, 4) is 0 Å². The van der Waals surface area contributed by atoms with Gasteiger partial charge in [0.15, 0.2) is 5.78 Å². The fourth-order valence-electron chi connectivity index (χ4n) is 3.91. The van der Waals surface area contributed by atoms with Crippen LogP contribution >= 0.6 is 0 Å². The summed E-state index contributed by atoms with van der Waals surface area (Å²) in [5.74, 6) is -1.43. The first-order valence-corrected chi connectivity index (χ1v) is 9.65. The molecule has 4 rings (SSSR count). The molecule has 0 aliphatic carbocycles. The highest BCUT2D eigenvalue weighted by Gasteiger charge is 2.38. The van der Waals surface area contributed by atoms with Crippen LogP contribution in [-0.2, 0) is 9.59 Å². The Balaban J connectivity index is 1.66. The quantitative estimate of drug-likeness (QED) is 0.821. The van der Waals surface area contributed by atoms with Crippen molar-refractivity contribution in [2.75, 3.05) is 28.2 Å². The Labute approximate surface area is 167 Å². The topological polar surface area (TPSA) is 52.7 Å². The van der Waals surface area contributed by atoms with Crippen LogP contribution in [0.4, 0.5) is 25.8 Å². The molecule has 1 N–H and O–H groups in total. The molecule has 0 atom stereocenters. The predicted octanol–water partition coefficient (Wildman–Crippen LogP) is 4.21. The lowest BCUT2D eigenvalue weighted by molar-refractivity contribution is -0.119. The fraction of sp³-hybridized carbons (Fsp3) is 0.273. The van der Waals surface area contributed by atoms with E-state index in [-0.39, 0.29) is 17.9 Å². The van der Waals surface area contributed by atoms with Crippen molar-refractivity contribution in [2.45, 2.75) is 26.2 Å². The van der Waals surface area contributed by atoms with Gasteiger partial charge in [0.25, 0.3) is 0 Å². The maximum absolute atomic E-state index is 13.9. The molecule has 0 saturated heterocycles. The molecule has 1 amide bonds. The van der Waals surface area contributed by atoms with Crippen LogP contribution in [0, 0.1) is 11.6 Å². The number of amides is 1. The van der Waals surface area contributed by atoms with E-state index in [0.717, 1.165) is 29.7 Å². The van der Waals surface area contributed by atoms with E-state index in [9.17, 15) is 18.4 Å². The van der Waals surface area contributed by atoms with Gasteiger partial charge in [0.2, 0.25) is 5.91 Å². The lowest BCUT2D eigenvalue weighted by Crippen LogP contribution is -2.38. The summed E-state index contributed by atoms with van der Waals surface area (Å²) in [5.41, 5.74) is 2.34. The minimum Gasteiger partial charge on any atom is -0.326 e. The molecule has 0 unspecified atom stereocenters. The van der Waals surface area contributed by atoms with Gasteiger partial charge in [-0.3, -0.25) is 9.59 Å². The number of hydrogen-bond acceptors (Lipinski definition) is 4. The van der Waals surface area contributed by atoms with Gasteiger partial charge >= 0.3 is 0 Å². The molecule has 0 radical (unpaired) electrons. The second-order valence-electron chi connectivity index (χ2n) is 7.12. The largest absolute Gasteiger partial charge is 0.326 e. The van der Waals surface area contributed by atoms with E-state index < -0.39 is 17.5 Å². The third kappa shape index (κ3) is 3.48. The average molecular weight is 397 g/mol. The Bertz CT molecular complexity index is 1020. The minimum absolute atomic E-state index is 0.0834. The first-order valence-electron chi connectivity index (χ1n) is 9.65. The number of rotatable bonds is 5. The number of hydrogen-bond donors (Lipinski definition) is 1. The van der Waals surface area contributed by atoms with Gasteiger partial charge in [0, 0.05) is 31.1 Å². The van der Waals surface area contributed by atoms with Crippen molar-refractivity contribution in [3.05, 3.63) is 65.5 Å². The molecule has 2 aliphatic heterocycles. The van der Waals surface area contributed by atoms with Gasteiger partial charge < -0.3 is 15.1 Å². The van der Waals surface area contributed by atoms with E-state index in [2.05, 4.69) is 22.0 Å². The molecule has 150 valence electrons. The number of Topliss-reactive ketones (excluding diaryl/α,β-unsaturated/α-hetero) is 1. The van der Waals surface area contributed by atoms with Gasteiger partial charge in [0.1, 0.15) is 17.5 Å². The Morgan fingerprint density at radius 3 is 2.62 bits per heavy atom. The number of anilines is 3. The third-order valence-corrected chi connectivity index (χ3v) is 5.13. The van der Waals surface area contributed by atoms with Crippen LogP contribution < -0.4 is 15.1 Å². The fourth-order valence-corrected chi connectivity index (χ4v) is 3.91. The molecule has 0 fully saturated rings. The van der Waals surface area contributed by atoms with Crippen LogP contribution in [-0.4, -0.2) is 24.8 Å². The predicted molar refractivity (Wildman–Crippen MR) is 108 cm³/mol. The van der Waals surface area contributed by atoms with Crippen molar-refractivity contribution in [1.29, 1.82) is 0 Å². The number of carbonyl (C=O) groups excluding carboxylic acids is 2. The van der Waals surface area contributed by atoms with Crippen molar-refractivity contribution >= 4 is 28.8 Å². The normalized spacial score (nSPS) is 15.5. The first kappa shape index (κ1) is 19.1. The molecular weight excluding hydrogens is 376 g/mol. The van der Waals surface area contributed by atoms with Crippen molar-refractivity contribution < 1.29 is 18.4 Å². The number of halogens is 2.